The van der Waals surface area contributed by atoms with E-state index in [4.69, 9.17) is 9.47 Å². The predicted molar refractivity (Wildman–Crippen MR) is 72.7 cm³/mol. The molecule has 23 heavy (non-hydrogen) atoms. The number of aliphatic hydroxyl groups is 3. The summed E-state index contributed by atoms with van der Waals surface area (Å²) in [5.41, 5.74) is -1.19. The van der Waals surface area contributed by atoms with Gasteiger partial charge in [-0.1, -0.05) is 0 Å². The zero-order valence-electron chi connectivity index (χ0n) is 11.8. The molecule has 1 aliphatic heterocycles. The maximum absolute atomic E-state index is 11.0. The monoisotopic (exact) mass is 330 g/mol. The number of hydrogen-bond acceptors (Lipinski definition) is 9. The fourth-order valence-corrected chi connectivity index (χ4v) is 2.10. The third kappa shape index (κ3) is 3.37. The number of nitro groups is 2. The first-order chi connectivity index (χ1) is 10.7. The molecule has 0 amide bonds. The van der Waals surface area contributed by atoms with Crippen molar-refractivity contribution >= 4 is 11.4 Å². The summed E-state index contributed by atoms with van der Waals surface area (Å²) in [6.07, 6.45) is -6.95. The van der Waals surface area contributed by atoms with Gasteiger partial charge in [-0.05, 0) is 13.0 Å². The van der Waals surface area contributed by atoms with Crippen LogP contribution in [0.4, 0.5) is 11.4 Å². The van der Waals surface area contributed by atoms with Crippen molar-refractivity contribution in [2.45, 2.75) is 37.6 Å². The van der Waals surface area contributed by atoms with E-state index < -0.39 is 51.9 Å². The van der Waals surface area contributed by atoms with Gasteiger partial charge < -0.3 is 24.8 Å². The molecule has 1 aliphatic rings. The van der Waals surface area contributed by atoms with E-state index in [1.165, 1.54) is 6.92 Å². The molecule has 0 saturated carbocycles. The van der Waals surface area contributed by atoms with Gasteiger partial charge in [-0.2, -0.15) is 0 Å². The summed E-state index contributed by atoms with van der Waals surface area (Å²) in [5.74, 6) is -0.375. The lowest BCUT2D eigenvalue weighted by molar-refractivity contribution is -0.395. The molecule has 1 heterocycles. The van der Waals surface area contributed by atoms with Crippen LogP contribution in [0.25, 0.3) is 0 Å². The van der Waals surface area contributed by atoms with Crippen molar-refractivity contribution in [2.24, 2.45) is 0 Å². The topological polar surface area (TPSA) is 165 Å². The van der Waals surface area contributed by atoms with E-state index in [1.807, 2.05) is 0 Å². The van der Waals surface area contributed by atoms with Crippen LogP contribution in [0.2, 0.25) is 0 Å². The van der Waals surface area contributed by atoms with Gasteiger partial charge in [0.2, 0.25) is 12.0 Å². The van der Waals surface area contributed by atoms with Gasteiger partial charge in [-0.3, -0.25) is 20.2 Å². The van der Waals surface area contributed by atoms with Crippen LogP contribution in [-0.4, -0.2) is 55.9 Å². The van der Waals surface area contributed by atoms with Crippen LogP contribution in [0.15, 0.2) is 18.2 Å². The number of non-ortho nitro benzene ring substituents is 1. The van der Waals surface area contributed by atoms with Gasteiger partial charge in [0.1, 0.15) is 18.3 Å². The number of rotatable bonds is 4. The summed E-state index contributed by atoms with van der Waals surface area (Å²) in [5, 5.41) is 50.7. The van der Waals surface area contributed by atoms with Crippen molar-refractivity contribution in [3.63, 3.8) is 0 Å². The summed E-state index contributed by atoms with van der Waals surface area (Å²) in [7, 11) is 0. The molecular weight excluding hydrogens is 316 g/mol. The number of hydrogen-bond donors (Lipinski definition) is 3. The number of ether oxygens (including phenoxy) is 2. The first-order valence-corrected chi connectivity index (χ1v) is 6.51. The fourth-order valence-electron chi connectivity index (χ4n) is 2.10. The fraction of sp³-hybridized carbons (Fsp3) is 0.500. The zero-order valence-corrected chi connectivity index (χ0v) is 11.8. The van der Waals surface area contributed by atoms with Gasteiger partial charge in [-0.25, -0.2) is 0 Å². The number of benzene rings is 1. The number of aliphatic hydroxyl groups excluding tert-OH is 3. The molecule has 1 aromatic rings. The molecule has 1 aromatic carbocycles. The Morgan fingerprint density at radius 3 is 2.30 bits per heavy atom. The highest BCUT2D eigenvalue weighted by atomic mass is 16.7. The third-order valence-electron chi connectivity index (χ3n) is 3.40. The summed E-state index contributed by atoms with van der Waals surface area (Å²) >= 11 is 0. The molecule has 3 N–H and O–H groups in total. The molecule has 0 aliphatic carbocycles. The highest BCUT2D eigenvalue weighted by Gasteiger charge is 2.43. The Morgan fingerprint density at radius 1 is 1.09 bits per heavy atom. The van der Waals surface area contributed by atoms with Crippen LogP contribution in [0.1, 0.15) is 6.92 Å². The van der Waals surface area contributed by atoms with Crippen LogP contribution >= 0.6 is 0 Å². The van der Waals surface area contributed by atoms with Crippen molar-refractivity contribution in [3.05, 3.63) is 38.4 Å². The smallest absolute Gasteiger partial charge is 0.317 e. The van der Waals surface area contributed by atoms with Gasteiger partial charge in [0.05, 0.1) is 22.0 Å². The molecule has 0 aromatic heterocycles. The van der Waals surface area contributed by atoms with E-state index in [-0.39, 0.29) is 5.75 Å². The van der Waals surface area contributed by atoms with E-state index in [0.29, 0.717) is 6.07 Å². The molecular formula is C12H14N2O9. The first-order valence-electron chi connectivity index (χ1n) is 6.51. The Hall–Kier alpha value is -2.34. The standard InChI is InChI=1S/C12H14N2O9/c1-5-9(15)10(16)11(17)12(22-5)23-8-3-2-6(13(18)19)4-7(8)14(20)21/h2-5,9-12,15-17H,1H3/t5-,9+,10+,11-,12+/m1/s1. The van der Waals surface area contributed by atoms with Crippen molar-refractivity contribution < 1.29 is 34.6 Å². The first kappa shape index (κ1) is 17.0. The van der Waals surface area contributed by atoms with Crippen LogP contribution < -0.4 is 4.74 Å². The van der Waals surface area contributed by atoms with E-state index in [1.54, 1.807) is 0 Å². The minimum absolute atomic E-state index is 0.375. The van der Waals surface area contributed by atoms with E-state index in [0.717, 1.165) is 12.1 Å². The third-order valence-corrected chi connectivity index (χ3v) is 3.40. The average molecular weight is 330 g/mol. The lowest BCUT2D eigenvalue weighted by atomic mass is 10.00. The van der Waals surface area contributed by atoms with Crippen molar-refractivity contribution in [2.75, 3.05) is 0 Å². The van der Waals surface area contributed by atoms with E-state index >= 15 is 0 Å². The van der Waals surface area contributed by atoms with Gasteiger partial charge in [0.15, 0.2) is 0 Å². The Bertz CT molecular complexity index is 623. The van der Waals surface area contributed by atoms with Crippen LogP contribution in [0, 0.1) is 20.2 Å². The normalized spacial score (nSPS) is 30.7. The number of nitro benzene ring substituents is 2. The second kappa shape index (κ2) is 6.42. The second-order valence-corrected chi connectivity index (χ2v) is 4.97. The Balaban J connectivity index is 2.29. The van der Waals surface area contributed by atoms with Gasteiger partial charge in [0, 0.05) is 6.07 Å². The lowest BCUT2D eigenvalue weighted by Crippen LogP contribution is -2.58. The van der Waals surface area contributed by atoms with Gasteiger partial charge >= 0.3 is 5.69 Å². The maximum atomic E-state index is 11.0. The predicted octanol–water partition coefficient (Wildman–Crippen LogP) is -0.291. The molecule has 11 heteroatoms. The average Bonchev–Trinajstić information content (AvgIpc) is 2.50. The molecule has 0 unspecified atom stereocenters. The molecule has 2 rings (SSSR count). The van der Waals surface area contributed by atoms with Crippen molar-refractivity contribution in [3.8, 4) is 5.75 Å². The molecule has 126 valence electrons. The zero-order chi connectivity index (χ0) is 17.3. The Kier molecular flexibility index (Phi) is 4.75. The summed E-state index contributed by atoms with van der Waals surface area (Å²) in [4.78, 5) is 20.0. The van der Waals surface area contributed by atoms with Crippen LogP contribution in [-0.2, 0) is 4.74 Å². The van der Waals surface area contributed by atoms with Crippen LogP contribution in [0.3, 0.4) is 0 Å². The van der Waals surface area contributed by atoms with Crippen molar-refractivity contribution in [1.29, 1.82) is 0 Å². The maximum Gasteiger partial charge on any atom is 0.317 e. The highest BCUT2D eigenvalue weighted by molar-refractivity contribution is 5.53. The minimum Gasteiger partial charge on any atom is -0.455 e. The minimum atomic E-state index is -1.66. The van der Waals surface area contributed by atoms with Crippen molar-refractivity contribution in [1.82, 2.24) is 0 Å². The molecule has 0 spiro atoms. The summed E-state index contributed by atoms with van der Waals surface area (Å²) < 4.78 is 10.3. The quantitative estimate of drug-likeness (QED) is 0.496. The van der Waals surface area contributed by atoms with Crippen LogP contribution in [0.5, 0.6) is 5.75 Å². The number of nitrogens with zero attached hydrogens (tertiary/aromatic N) is 2. The molecule has 5 atom stereocenters. The Morgan fingerprint density at radius 2 is 1.74 bits per heavy atom. The molecule has 1 fully saturated rings. The molecule has 1 saturated heterocycles. The highest BCUT2D eigenvalue weighted by Crippen LogP contribution is 2.33. The SMILES string of the molecule is C[C@H]1O[C@@H](Oc2ccc([N+](=O)[O-])cc2[N+](=O)[O-])[C@H](O)[C@@H](O)[C@H]1O. The summed E-state index contributed by atoms with van der Waals surface area (Å²) in [6.45, 7) is 1.42. The molecule has 11 nitrogen and oxygen atoms in total. The van der Waals surface area contributed by atoms with Gasteiger partial charge in [0.25, 0.3) is 5.69 Å². The van der Waals surface area contributed by atoms with Gasteiger partial charge in [-0.15, -0.1) is 0 Å². The lowest BCUT2D eigenvalue weighted by Gasteiger charge is -2.38. The summed E-state index contributed by atoms with van der Waals surface area (Å²) in [6, 6.07) is 2.69. The Labute approximate surface area is 129 Å². The second-order valence-electron chi connectivity index (χ2n) is 4.97. The largest absolute Gasteiger partial charge is 0.455 e. The van der Waals surface area contributed by atoms with E-state index in [9.17, 15) is 35.5 Å². The van der Waals surface area contributed by atoms with E-state index in [2.05, 4.69) is 0 Å². The molecule has 0 bridgehead atoms. The molecule has 0 radical (unpaired) electrons.